The highest BCUT2D eigenvalue weighted by molar-refractivity contribution is 6.19. The normalized spacial score (nSPS) is 12.4. The molecule has 0 aliphatic carbocycles. The maximum atomic E-state index is 6.33. The van der Waals surface area contributed by atoms with Gasteiger partial charge in [-0.2, -0.15) is 0 Å². The molecule has 0 spiro atoms. The highest BCUT2D eigenvalue weighted by Crippen LogP contribution is 2.38. The van der Waals surface area contributed by atoms with Crippen molar-refractivity contribution >= 4 is 49.0 Å². The van der Waals surface area contributed by atoms with Crippen LogP contribution < -0.4 is 5.73 Å². The van der Waals surface area contributed by atoms with Crippen LogP contribution in [0.4, 0.5) is 0 Å². The van der Waals surface area contributed by atoms with Crippen molar-refractivity contribution in [1.82, 2.24) is 4.57 Å². The molecule has 0 aliphatic heterocycles. The summed E-state index contributed by atoms with van der Waals surface area (Å²) in [4.78, 5) is 0. The van der Waals surface area contributed by atoms with Gasteiger partial charge in [0.05, 0.1) is 11.0 Å². The van der Waals surface area contributed by atoms with E-state index in [2.05, 4.69) is 126 Å². The molecular formula is C37H28N2. The van der Waals surface area contributed by atoms with Crippen LogP contribution in [0.5, 0.6) is 0 Å². The number of hydrogen-bond donors (Lipinski definition) is 1. The molecule has 2 N–H and O–H groups in total. The quantitative estimate of drug-likeness (QED) is 0.240. The third-order valence-electron chi connectivity index (χ3n) is 7.64. The molecule has 2 heteroatoms. The van der Waals surface area contributed by atoms with Crippen molar-refractivity contribution in [2.75, 3.05) is 0 Å². The lowest BCUT2D eigenvalue weighted by molar-refractivity contribution is 1.19. The van der Waals surface area contributed by atoms with Crippen molar-refractivity contribution in [3.8, 4) is 16.8 Å². The average molecular weight is 501 g/mol. The topological polar surface area (TPSA) is 30.9 Å². The lowest BCUT2D eigenvalue weighted by Crippen LogP contribution is -1.96. The molecular weight excluding hydrogens is 472 g/mol. The van der Waals surface area contributed by atoms with E-state index < -0.39 is 0 Å². The molecule has 2 nitrogen and oxygen atoms in total. The molecule has 0 atom stereocenters. The maximum absolute atomic E-state index is 6.33. The van der Waals surface area contributed by atoms with Gasteiger partial charge in [0.15, 0.2) is 0 Å². The third kappa shape index (κ3) is 3.89. The van der Waals surface area contributed by atoms with E-state index in [1.54, 1.807) is 0 Å². The first-order chi connectivity index (χ1) is 19.2. The zero-order chi connectivity index (χ0) is 26.3. The highest BCUT2D eigenvalue weighted by atomic mass is 15.0. The summed E-state index contributed by atoms with van der Waals surface area (Å²) in [6.45, 7) is 1.99. The Morgan fingerprint density at radius 1 is 0.615 bits per heavy atom. The SMILES string of the molecule is C/C=C\C=C(/N)c1cccc(-c2ccc3c(ccc4c5ccccc5n(-c5ccc6ccccc6c5)c34)c2)c1. The molecule has 0 saturated carbocycles. The van der Waals surface area contributed by atoms with Crippen LogP contribution in [0.25, 0.3) is 65.9 Å². The fourth-order valence-corrected chi connectivity index (χ4v) is 5.73. The van der Waals surface area contributed by atoms with Crippen molar-refractivity contribution in [3.63, 3.8) is 0 Å². The number of allylic oxidation sites excluding steroid dienone is 3. The number of rotatable bonds is 4. The minimum Gasteiger partial charge on any atom is -0.398 e. The van der Waals surface area contributed by atoms with Crippen LogP contribution in [0.2, 0.25) is 0 Å². The molecule has 1 heterocycles. The molecule has 39 heavy (non-hydrogen) atoms. The van der Waals surface area contributed by atoms with Gasteiger partial charge < -0.3 is 10.3 Å². The number of hydrogen-bond acceptors (Lipinski definition) is 1. The fourth-order valence-electron chi connectivity index (χ4n) is 5.73. The van der Waals surface area contributed by atoms with Crippen LogP contribution in [0.3, 0.4) is 0 Å². The van der Waals surface area contributed by atoms with E-state index in [1.165, 1.54) is 54.6 Å². The second kappa shape index (κ2) is 9.34. The first-order valence-electron chi connectivity index (χ1n) is 13.4. The molecule has 0 radical (unpaired) electrons. The van der Waals surface area contributed by atoms with E-state index in [0.717, 1.165) is 16.8 Å². The molecule has 186 valence electrons. The summed E-state index contributed by atoms with van der Waals surface area (Å²) >= 11 is 0. The Morgan fingerprint density at radius 2 is 1.38 bits per heavy atom. The summed E-state index contributed by atoms with van der Waals surface area (Å²) in [6, 6.07) is 43.8. The van der Waals surface area contributed by atoms with Gasteiger partial charge in [-0.3, -0.25) is 0 Å². The van der Waals surface area contributed by atoms with Crippen LogP contribution in [0, 0.1) is 0 Å². The second-order valence-corrected chi connectivity index (χ2v) is 10.0. The summed E-state index contributed by atoms with van der Waals surface area (Å²) in [5.41, 5.74) is 14.1. The Morgan fingerprint density at radius 3 is 2.28 bits per heavy atom. The predicted octanol–water partition coefficient (Wildman–Crippen LogP) is 9.63. The minimum absolute atomic E-state index is 0.761. The Bertz CT molecular complexity index is 2090. The van der Waals surface area contributed by atoms with Crippen molar-refractivity contribution < 1.29 is 0 Å². The van der Waals surface area contributed by atoms with Gasteiger partial charge in [0, 0.05) is 27.5 Å². The predicted molar refractivity (Wildman–Crippen MR) is 168 cm³/mol. The molecule has 6 aromatic carbocycles. The van der Waals surface area contributed by atoms with Gasteiger partial charge >= 0.3 is 0 Å². The van der Waals surface area contributed by atoms with Crippen molar-refractivity contribution in [2.24, 2.45) is 5.73 Å². The van der Waals surface area contributed by atoms with Gasteiger partial charge in [0.25, 0.3) is 0 Å². The maximum Gasteiger partial charge on any atom is 0.0619 e. The molecule has 7 rings (SSSR count). The number of fused-ring (bicyclic) bond motifs is 6. The van der Waals surface area contributed by atoms with Crippen molar-refractivity contribution in [3.05, 3.63) is 145 Å². The van der Waals surface area contributed by atoms with Gasteiger partial charge in [0.1, 0.15) is 0 Å². The van der Waals surface area contributed by atoms with Gasteiger partial charge in [-0.05, 0) is 76.2 Å². The van der Waals surface area contributed by atoms with E-state index in [1.807, 2.05) is 25.2 Å². The summed E-state index contributed by atoms with van der Waals surface area (Å²) in [6.07, 6.45) is 5.90. The first-order valence-corrected chi connectivity index (χ1v) is 13.4. The second-order valence-electron chi connectivity index (χ2n) is 10.0. The lowest BCUT2D eigenvalue weighted by atomic mass is 9.97. The van der Waals surface area contributed by atoms with E-state index >= 15 is 0 Å². The number of para-hydroxylation sites is 1. The molecule has 7 aromatic rings. The van der Waals surface area contributed by atoms with E-state index in [0.29, 0.717) is 0 Å². The summed E-state index contributed by atoms with van der Waals surface area (Å²) in [5, 5.41) is 7.48. The molecule has 0 aliphatic rings. The van der Waals surface area contributed by atoms with Gasteiger partial charge in [-0.15, -0.1) is 0 Å². The summed E-state index contributed by atoms with van der Waals surface area (Å²) in [5.74, 6) is 0. The standard InChI is InChI=1S/C37H28N2/c1-2-3-14-35(38)30-12-8-11-26(23-30)28-17-20-32-29(22-28)18-21-34-33-13-6-7-15-36(33)39(37(32)34)31-19-16-25-9-4-5-10-27(25)24-31/h2-24H,38H2,1H3/b3-2-,35-14-. The Kier molecular flexibility index (Phi) is 5.53. The van der Waals surface area contributed by atoms with Gasteiger partial charge in [0.2, 0.25) is 0 Å². The van der Waals surface area contributed by atoms with Crippen molar-refractivity contribution in [2.45, 2.75) is 6.92 Å². The Balaban J connectivity index is 1.45. The molecule has 0 fully saturated rings. The van der Waals surface area contributed by atoms with Crippen LogP contribution in [0.15, 0.2) is 140 Å². The fraction of sp³-hybridized carbons (Fsp3) is 0.0270. The third-order valence-corrected chi connectivity index (χ3v) is 7.64. The molecule has 1 aromatic heterocycles. The average Bonchev–Trinajstić information content (AvgIpc) is 3.34. The van der Waals surface area contributed by atoms with Gasteiger partial charge in [-0.1, -0.05) is 103 Å². The summed E-state index contributed by atoms with van der Waals surface area (Å²) in [7, 11) is 0. The largest absolute Gasteiger partial charge is 0.398 e. The van der Waals surface area contributed by atoms with E-state index in [-0.39, 0.29) is 0 Å². The van der Waals surface area contributed by atoms with Crippen LogP contribution in [-0.4, -0.2) is 4.57 Å². The van der Waals surface area contributed by atoms with Crippen LogP contribution in [0.1, 0.15) is 12.5 Å². The van der Waals surface area contributed by atoms with Gasteiger partial charge in [-0.25, -0.2) is 0 Å². The smallest absolute Gasteiger partial charge is 0.0619 e. The molecule has 0 unspecified atom stereocenters. The Hall–Kier alpha value is -5.08. The number of nitrogens with two attached hydrogens (primary N) is 1. The zero-order valence-corrected chi connectivity index (χ0v) is 21.8. The van der Waals surface area contributed by atoms with E-state index in [4.69, 9.17) is 5.73 Å². The first kappa shape index (κ1) is 23.1. The number of nitrogens with zero attached hydrogens (tertiary/aromatic N) is 1. The summed E-state index contributed by atoms with van der Waals surface area (Å²) < 4.78 is 2.42. The minimum atomic E-state index is 0.761. The number of aromatic nitrogens is 1. The molecule has 0 bridgehead atoms. The van der Waals surface area contributed by atoms with E-state index in [9.17, 15) is 0 Å². The lowest BCUT2D eigenvalue weighted by Gasteiger charge is -2.12. The molecule has 0 amide bonds. The monoisotopic (exact) mass is 500 g/mol. The number of benzene rings is 6. The molecule has 0 saturated heterocycles. The van der Waals surface area contributed by atoms with Crippen LogP contribution >= 0.6 is 0 Å². The highest BCUT2D eigenvalue weighted by Gasteiger charge is 2.15. The Labute approximate surface area is 227 Å². The van der Waals surface area contributed by atoms with Crippen molar-refractivity contribution in [1.29, 1.82) is 0 Å². The van der Waals surface area contributed by atoms with Crippen LogP contribution in [-0.2, 0) is 0 Å². The zero-order valence-electron chi connectivity index (χ0n) is 21.8.